The largest absolute Gasteiger partial charge is 0.471 e. The number of nitrogens with one attached hydrogen (secondary N) is 1. The van der Waals surface area contributed by atoms with Crippen LogP contribution in [-0.2, 0) is 4.79 Å². The standard InChI is InChI=1S/C6H6F3N3OS2/c1-2-14-5-12-11-4(15-5)10-3(13)6(7,8)9/h2H2,1H3,(H,10,11,13). The van der Waals surface area contributed by atoms with E-state index in [-0.39, 0.29) is 5.13 Å². The van der Waals surface area contributed by atoms with Crippen LogP contribution >= 0.6 is 23.1 Å². The van der Waals surface area contributed by atoms with Crippen molar-refractivity contribution >= 4 is 34.1 Å². The fourth-order valence-corrected chi connectivity index (χ4v) is 2.25. The van der Waals surface area contributed by atoms with Crippen molar-refractivity contribution in [2.75, 3.05) is 11.1 Å². The number of hydrogen-bond acceptors (Lipinski definition) is 5. The molecule has 0 fully saturated rings. The summed E-state index contributed by atoms with van der Waals surface area (Å²) in [5.41, 5.74) is 0. The summed E-state index contributed by atoms with van der Waals surface area (Å²) < 4.78 is 36.0. The van der Waals surface area contributed by atoms with Crippen LogP contribution in [0.1, 0.15) is 6.92 Å². The Morgan fingerprint density at radius 1 is 1.53 bits per heavy atom. The number of thioether (sulfide) groups is 1. The number of halogens is 3. The zero-order valence-corrected chi connectivity index (χ0v) is 9.09. The second-order valence-corrected chi connectivity index (χ2v) is 4.75. The molecule has 0 atom stereocenters. The first-order valence-corrected chi connectivity index (χ1v) is 5.58. The van der Waals surface area contributed by atoms with Crippen LogP contribution in [0.25, 0.3) is 0 Å². The summed E-state index contributed by atoms with van der Waals surface area (Å²) in [6.07, 6.45) is -4.90. The van der Waals surface area contributed by atoms with E-state index in [0.717, 1.165) is 17.1 Å². The van der Waals surface area contributed by atoms with Crippen molar-refractivity contribution in [3.05, 3.63) is 0 Å². The summed E-state index contributed by atoms with van der Waals surface area (Å²) in [6.45, 7) is 1.88. The van der Waals surface area contributed by atoms with E-state index in [9.17, 15) is 18.0 Å². The molecule has 9 heteroatoms. The molecule has 1 aromatic heterocycles. The lowest BCUT2D eigenvalue weighted by Gasteiger charge is -2.03. The number of hydrogen-bond donors (Lipinski definition) is 1. The van der Waals surface area contributed by atoms with Crippen molar-refractivity contribution in [2.45, 2.75) is 17.4 Å². The van der Waals surface area contributed by atoms with Gasteiger partial charge >= 0.3 is 12.1 Å². The summed E-state index contributed by atoms with van der Waals surface area (Å²) in [5, 5.41) is 8.48. The molecule has 0 aliphatic rings. The van der Waals surface area contributed by atoms with E-state index in [1.165, 1.54) is 11.8 Å². The summed E-state index contributed by atoms with van der Waals surface area (Å²) in [5.74, 6) is -1.30. The highest BCUT2D eigenvalue weighted by molar-refractivity contribution is 8.01. The van der Waals surface area contributed by atoms with Crippen molar-refractivity contribution < 1.29 is 18.0 Å². The Balaban J connectivity index is 2.61. The summed E-state index contributed by atoms with van der Waals surface area (Å²) in [6, 6.07) is 0. The highest BCUT2D eigenvalue weighted by Gasteiger charge is 2.39. The van der Waals surface area contributed by atoms with Gasteiger partial charge in [-0.25, -0.2) is 0 Å². The molecule has 1 N–H and O–H groups in total. The second-order valence-electron chi connectivity index (χ2n) is 2.26. The van der Waals surface area contributed by atoms with Crippen molar-refractivity contribution in [3.63, 3.8) is 0 Å². The third-order valence-corrected chi connectivity index (χ3v) is 3.01. The molecule has 0 saturated carbocycles. The van der Waals surface area contributed by atoms with Crippen LogP contribution in [0, 0.1) is 0 Å². The number of amides is 1. The van der Waals surface area contributed by atoms with Gasteiger partial charge in [0.1, 0.15) is 0 Å². The van der Waals surface area contributed by atoms with Gasteiger partial charge in [-0.15, -0.1) is 10.2 Å². The molecule has 0 saturated heterocycles. The molecule has 1 rings (SSSR count). The minimum absolute atomic E-state index is 0.145. The van der Waals surface area contributed by atoms with E-state index in [0.29, 0.717) is 4.34 Å². The first-order chi connectivity index (χ1) is 6.93. The highest BCUT2D eigenvalue weighted by Crippen LogP contribution is 2.26. The number of rotatable bonds is 3. The maximum atomic E-state index is 11.8. The molecule has 1 aromatic rings. The maximum Gasteiger partial charge on any atom is 0.471 e. The Kier molecular flexibility index (Phi) is 3.91. The number of carbonyl (C=O) groups is 1. The molecule has 84 valence electrons. The molecule has 0 aromatic carbocycles. The van der Waals surface area contributed by atoms with Crippen molar-refractivity contribution in [2.24, 2.45) is 0 Å². The summed E-state index contributed by atoms with van der Waals surface area (Å²) in [4.78, 5) is 10.5. The average Bonchev–Trinajstić information content (AvgIpc) is 2.51. The molecule has 0 unspecified atom stereocenters. The second kappa shape index (κ2) is 4.79. The predicted molar refractivity (Wildman–Crippen MR) is 51.0 cm³/mol. The van der Waals surface area contributed by atoms with Crippen LogP contribution in [0.2, 0.25) is 0 Å². The number of carbonyl (C=O) groups excluding carboxylic acids is 1. The molecule has 15 heavy (non-hydrogen) atoms. The SMILES string of the molecule is CCSc1nnc(NC(=O)C(F)(F)F)s1. The van der Waals surface area contributed by atoms with Crippen LogP contribution < -0.4 is 5.32 Å². The quantitative estimate of drug-likeness (QED) is 0.666. The minimum atomic E-state index is -4.90. The van der Waals surface area contributed by atoms with Gasteiger partial charge < -0.3 is 0 Å². The number of aromatic nitrogens is 2. The summed E-state index contributed by atoms with van der Waals surface area (Å²) in [7, 11) is 0. The van der Waals surface area contributed by atoms with Gasteiger partial charge in [0.05, 0.1) is 0 Å². The predicted octanol–water partition coefficient (Wildman–Crippen LogP) is 2.15. The van der Waals surface area contributed by atoms with E-state index >= 15 is 0 Å². The van der Waals surface area contributed by atoms with E-state index in [2.05, 4.69) is 10.2 Å². The van der Waals surface area contributed by atoms with Crippen molar-refractivity contribution in [1.29, 1.82) is 0 Å². The molecule has 4 nitrogen and oxygen atoms in total. The first-order valence-electron chi connectivity index (χ1n) is 3.78. The Labute approximate surface area is 91.3 Å². The molecular formula is C6H6F3N3OS2. The normalized spacial score (nSPS) is 11.5. The lowest BCUT2D eigenvalue weighted by Crippen LogP contribution is -2.29. The Morgan fingerprint density at radius 2 is 2.20 bits per heavy atom. The topological polar surface area (TPSA) is 54.9 Å². The maximum absolute atomic E-state index is 11.8. The van der Waals surface area contributed by atoms with Crippen LogP contribution in [0.15, 0.2) is 4.34 Å². The van der Waals surface area contributed by atoms with Crippen LogP contribution in [-0.4, -0.2) is 28.0 Å². The number of nitrogens with zero attached hydrogens (tertiary/aromatic N) is 2. The molecule has 0 bridgehead atoms. The smallest absolute Gasteiger partial charge is 0.293 e. The Morgan fingerprint density at radius 3 is 2.73 bits per heavy atom. The van der Waals surface area contributed by atoms with Gasteiger partial charge in [0, 0.05) is 0 Å². The average molecular weight is 257 g/mol. The molecule has 0 radical (unpaired) electrons. The number of anilines is 1. The van der Waals surface area contributed by atoms with Gasteiger partial charge in [-0.05, 0) is 5.75 Å². The lowest BCUT2D eigenvalue weighted by molar-refractivity contribution is -0.167. The first kappa shape index (κ1) is 12.2. The van der Waals surface area contributed by atoms with E-state index in [4.69, 9.17) is 0 Å². The zero-order valence-electron chi connectivity index (χ0n) is 7.46. The van der Waals surface area contributed by atoms with E-state index in [1.807, 2.05) is 6.92 Å². The van der Waals surface area contributed by atoms with Crippen LogP contribution in [0.5, 0.6) is 0 Å². The van der Waals surface area contributed by atoms with Gasteiger partial charge in [0.15, 0.2) is 4.34 Å². The van der Waals surface area contributed by atoms with Gasteiger partial charge in [-0.3, -0.25) is 10.1 Å². The fraction of sp³-hybridized carbons (Fsp3) is 0.500. The molecule has 0 spiro atoms. The van der Waals surface area contributed by atoms with E-state index < -0.39 is 12.1 Å². The zero-order chi connectivity index (χ0) is 11.5. The van der Waals surface area contributed by atoms with Gasteiger partial charge in [0.25, 0.3) is 0 Å². The lowest BCUT2D eigenvalue weighted by atomic mass is 10.6. The third kappa shape index (κ3) is 3.67. The monoisotopic (exact) mass is 257 g/mol. The Bertz CT molecular complexity index is 352. The highest BCUT2D eigenvalue weighted by atomic mass is 32.2. The molecular weight excluding hydrogens is 251 g/mol. The van der Waals surface area contributed by atoms with E-state index in [1.54, 1.807) is 5.32 Å². The fourth-order valence-electron chi connectivity index (χ4n) is 0.610. The molecule has 0 aliphatic carbocycles. The van der Waals surface area contributed by atoms with Gasteiger partial charge in [0.2, 0.25) is 5.13 Å². The number of alkyl halides is 3. The van der Waals surface area contributed by atoms with Crippen molar-refractivity contribution in [3.8, 4) is 0 Å². The van der Waals surface area contributed by atoms with Gasteiger partial charge in [-0.2, -0.15) is 13.2 Å². The van der Waals surface area contributed by atoms with Crippen LogP contribution in [0.4, 0.5) is 18.3 Å². The van der Waals surface area contributed by atoms with Crippen molar-refractivity contribution in [1.82, 2.24) is 10.2 Å². The molecule has 0 aliphatic heterocycles. The molecule has 1 amide bonds. The summed E-state index contributed by atoms with van der Waals surface area (Å²) >= 11 is 2.25. The van der Waals surface area contributed by atoms with Crippen LogP contribution in [0.3, 0.4) is 0 Å². The molecule has 1 heterocycles. The third-order valence-electron chi connectivity index (χ3n) is 1.15. The minimum Gasteiger partial charge on any atom is -0.293 e. The Hall–Kier alpha value is -0.830. The van der Waals surface area contributed by atoms with Gasteiger partial charge in [-0.1, -0.05) is 30.0 Å².